The van der Waals surface area contributed by atoms with Crippen molar-refractivity contribution in [2.75, 3.05) is 12.0 Å². The summed E-state index contributed by atoms with van der Waals surface area (Å²) in [4.78, 5) is 8.45. The van der Waals surface area contributed by atoms with Crippen LogP contribution < -0.4 is 11.2 Å². The van der Waals surface area contributed by atoms with E-state index >= 15 is 0 Å². The number of aromatic nitrogens is 2. The molecule has 0 aliphatic carbocycles. The van der Waals surface area contributed by atoms with Crippen LogP contribution in [-0.4, -0.2) is 53.6 Å². The van der Waals surface area contributed by atoms with E-state index in [0.29, 0.717) is 27.7 Å². The van der Waals surface area contributed by atoms with Crippen molar-refractivity contribution < 1.29 is 28.4 Å². The Kier molecular flexibility index (Phi) is 6.11. The van der Waals surface area contributed by atoms with Crippen LogP contribution in [-0.2, 0) is 14.6 Å². The number of anilines is 1. The van der Waals surface area contributed by atoms with E-state index in [0.717, 1.165) is 6.26 Å². The Morgan fingerprint density at radius 2 is 1.81 bits per heavy atom. The molecular weight excluding hydrogens is 373 g/mol. The first kappa shape index (κ1) is 20.3. The van der Waals surface area contributed by atoms with Gasteiger partial charge in [0, 0.05) is 17.2 Å². The van der Waals surface area contributed by atoms with E-state index in [1.165, 1.54) is 24.4 Å². The third kappa shape index (κ3) is 4.59. The molecule has 0 amide bonds. The maximum Gasteiger partial charge on any atom is 0.488 e. The highest BCUT2D eigenvalue weighted by molar-refractivity contribution is 7.90. The number of nitrogen functional groups attached to an aromatic ring is 1. The molecule has 0 atom stereocenters. The van der Waals surface area contributed by atoms with Gasteiger partial charge in [0.05, 0.1) is 22.3 Å². The Balaban J connectivity index is 0.000000817. The molecule has 27 heavy (non-hydrogen) atoms. The summed E-state index contributed by atoms with van der Waals surface area (Å²) >= 11 is 0. The maximum atomic E-state index is 12.1. The van der Waals surface area contributed by atoms with Gasteiger partial charge >= 0.3 is 7.12 Å². The van der Waals surface area contributed by atoms with Crippen LogP contribution in [0.3, 0.4) is 0 Å². The number of carboxylic acid groups (broad SMARTS) is 1. The van der Waals surface area contributed by atoms with Crippen LogP contribution in [0.4, 0.5) is 5.69 Å². The normalized spacial score (nSPS) is 10.8. The fourth-order valence-electron chi connectivity index (χ4n) is 2.51. The van der Waals surface area contributed by atoms with Gasteiger partial charge in [-0.3, -0.25) is 4.79 Å². The number of nitrogens with zero attached hydrogens (tertiary/aromatic N) is 2. The van der Waals surface area contributed by atoms with Gasteiger partial charge < -0.3 is 20.9 Å². The van der Waals surface area contributed by atoms with E-state index in [9.17, 15) is 18.5 Å². The minimum Gasteiger partial charge on any atom is -0.483 e. The van der Waals surface area contributed by atoms with Gasteiger partial charge in [-0.05, 0) is 29.2 Å². The smallest absolute Gasteiger partial charge is 0.483 e. The Hall–Kier alpha value is -3.02. The van der Waals surface area contributed by atoms with Gasteiger partial charge in [0.2, 0.25) is 0 Å². The molecule has 0 saturated heterocycles. The molecule has 0 aliphatic heterocycles. The van der Waals surface area contributed by atoms with Gasteiger partial charge in [0.15, 0.2) is 9.84 Å². The number of nitrogens with two attached hydrogens (primary N) is 1. The largest absolute Gasteiger partial charge is 0.488 e. The fraction of sp³-hybridized carbons (Fsp3) is 0.0625. The first-order chi connectivity index (χ1) is 12.7. The Morgan fingerprint density at radius 1 is 1.15 bits per heavy atom. The van der Waals surface area contributed by atoms with Crippen LogP contribution in [0.1, 0.15) is 0 Å². The molecule has 11 heteroatoms. The molecule has 2 aromatic carbocycles. The van der Waals surface area contributed by atoms with Crippen LogP contribution in [0.25, 0.3) is 22.0 Å². The number of fused-ring (bicyclic) bond motifs is 1. The molecule has 140 valence electrons. The van der Waals surface area contributed by atoms with E-state index in [1.807, 2.05) is 0 Å². The van der Waals surface area contributed by atoms with Crippen molar-refractivity contribution in [3.05, 3.63) is 42.6 Å². The van der Waals surface area contributed by atoms with Gasteiger partial charge in [0.1, 0.15) is 0 Å². The van der Waals surface area contributed by atoms with Crippen LogP contribution in [0.15, 0.2) is 47.5 Å². The van der Waals surface area contributed by atoms with Crippen LogP contribution in [0.5, 0.6) is 0 Å². The molecule has 9 nitrogen and oxygen atoms in total. The van der Waals surface area contributed by atoms with E-state index in [1.54, 1.807) is 18.2 Å². The standard InChI is InChI=1S/C15H14BN3O4S.CH2O2/c1-24(22,23)15-5-3-10(16(20)21)7-12(15)9-2-4-11-13(17)8-18-19-14(11)6-9;2-1-3/h2-8,20-21H,1H3,(H2,17,19);1H,(H,2,3). The third-order valence-electron chi connectivity index (χ3n) is 3.68. The molecule has 0 radical (unpaired) electrons. The highest BCUT2D eigenvalue weighted by Crippen LogP contribution is 2.30. The molecule has 0 saturated carbocycles. The second-order valence-corrected chi connectivity index (χ2v) is 7.52. The minimum atomic E-state index is -3.51. The summed E-state index contributed by atoms with van der Waals surface area (Å²) in [5.74, 6) is 0. The molecule has 0 bridgehead atoms. The highest BCUT2D eigenvalue weighted by Gasteiger charge is 2.19. The molecule has 0 unspecified atom stereocenters. The lowest BCUT2D eigenvalue weighted by atomic mass is 9.79. The molecule has 3 rings (SSSR count). The predicted octanol–water partition coefficient (Wildman–Crippen LogP) is -0.337. The highest BCUT2D eigenvalue weighted by atomic mass is 32.2. The number of carbonyl (C=O) groups is 1. The van der Waals surface area contributed by atoms with Crippen LogP contribution in [0, 0.1) is 0 Å². The Bertz CT molecular complexity index is 1090. The topological polar surface area (TPSA) is 164 Å². The molecule has 1 heterocycles. The van der Waals surface area contributed by atoms with Gasteiger partial charge in [-0.15, -0.1) is 0 Å². The predicted molar refractivity (Wildman–Crippen MR) is 101 cm³/mol. The number of hydrogen-bond donors (Lipinski definition) is 4. The minimum absolute atomic E-state index is 0.0862. The quantitative estimate of drug-likeness (QED) is 0.347. The molecule has 0 aliphatic rings. The molecular formula is C16H16BN3O6S. The second kappa shape index (κ2) is 8.12. The van der Waals surface area contributed by atoms with Gasteiger partial charge in [-0.1, -0.05) is 18.2 Å². The summed E-state index contributed by atoms with van der Waals surface area (Å²) < 4.78 is 24.1. The Labute approximate surface area is 155 Å². The summed E-state index contributed by atoms with van der Waals surface area (Å²) in [5, 5.41) is 34.1. The zero-order chi connectivity index (χ0) is 20.2. The number of benzene rings is 2. The number of hydrogen-bond acceptors (Lipinski definition) is 8. The van der Waals surface area contributed by atoms with Crippen molar-refractivity contribution in [1.82, 2.24) is 10.2 Å². The fourth-order valence-corrected chi connectivity index (χ4v) is 3.40. The van der Waals surface area contributed by atoms with Crippen molar-refractivity contribution >= 4 is 45.5 Å². The lowest BCUT2D eigenvalue weighted by molar-refractivity contribution is -0.122. The zero-order valence-corrected chi connectivity index (χ0v) is 15.0. The molecule has 0 fully saturated rings. The monoisotopic (exact) mass is 389 g/mol. The first-order valence-corrected chi connectivity index (χ1v) is 9.37. The van der Waals surface area contributed by atoms with Crippen LogP contribution >= 0.6 is 0 Å². The summed E-state index contributed by atoms with van der Waals surface area (Å²) in [6.45, 7) is -0.250. The summed E-state index contributed by atoms with van der Waals surface area (Å²) in [5.41, 5.74) is 7.93. The molecule has 1 aromatic heterocycles. The summed E-state index contributed by atoms with van der Waals surface area (Å²) in [6.07, 6.45) is 2.53. The van der Waals surface area contributed by atoms with Crippen molar-refractivity contribution in [2.24, 2.45) is 0 Å². The second-order valence-electron chi connectivity index (χ2n) is 5.54. The number of sulfone groups is 1. The first-order valence-electron chi connectivity index (χ1n) is 7.48. The van der Waals surface area contributed by atoms with E-state index in [-0.39, 0.29) is 16.8 Å². The lowest BCUT2D eigenvalue weighted by Gasteiger charge is -2.11. The van der Waals surface area contributed by atoms with Crippen LogP contribution in [0.2, 0.25) is 0 Å². The maximum absolute atomic E-state index is 12.1. The van der Waals surface area contributed by atoms with Crippen molar-refractivity contribution in [2.45, 2.75) is 4.90 Å². The molecule has 5 N–H and O–H groups in total. The van der Waals surface area contributed by atoms with Gasteiger partial charge in [-0.2, -0.15) is 10.2 Å². The van der Waals surface area contributed by atoms with Crippen molar-refractivity contribution in [1.29, 1.82) is 0 Å². The van der Waals surface area contributed by atoms with E-state index < -0.39 is 17.0 Å². The van der Waals surface area contributed by atoms with Gasteiger partial charge in [-0.25, -0.2) is 8.42 Å². The SMILES string of the molecule is CS(=O)(=O)c1ccc(B(O)O)cc1-c1ccc2c(N)cnnc2c1.O=CO. The van der Waals surface area contributed by atoms with E-state index in [2.05, 4.69) is 10.2 Å². The van der Waals surface area contributed by atoms with Crippen molar-refractivity contribution in [3.63, 3.8) is 0 Å². The molecule has 0 spiro atoms. The number of rotatable bonds is 3. The zero-order valence-electron chi connectivity index (χ0n) is 14.1. The summed E-state index contributed by atoms with van der Waals surface area (Å²) in [6, 6.07) is 9.25. The summed E-state index contributed by atoms with van der Waals surface area (Å²) in [7, 11) is -5.21. The average molecular weight is 389 g/mol. The van der Waals surface area contributed by atoms with Crippen molar-refractivity contribution in [3.8, 4) is 11.1 Å². The molecule has 3 aromatic rings. The third-order valence-corrected chi connectivity index (χ3v) is 4.84. The Morgan fingerprint density at radius 3 is 2.41 bits per heavy atom. The van der Waals surface area contributed by atoms with E-state index in [4.69, 9.17) is 15.6 Å². The van der Waals surface area contributed by atoms with Gasteiger partial charge in [0.25, 0.3) is 6.47 Å². The lowest BCUT2D eigenvalue weighted by Crippen LogP contribution is -2.30. The average Bonchev–Trinajstić information content (AvgIpc) is 2.61.